The molecule has 4 nitrogen and oxygen atoms in total. The summed E-state index contributed by atoms with van der Waals surface area (Å²) in [6, 6.07) is 2.06. The van der Waals surface area contributed by atoms with E-state index in [1.54, 1.807) is 6.20 Å². The number of halogens is 1. The van der Waals surface area contributed by atoms with Crippen LogP contribution in [0.3, 0.4) is 0 Å². The summed E-state index contributed by atoms with van der Waals surface area (Å²) in [4.78, 5) is 15.6. The van der Waals surface area contributed by atoms with Gasteiger partial charge in [0.2, 0.25) is 5.91 Å². The lowest BCUT2D eigenvalue weighted by Gasteiger charge is -2.11. The van der Waals surface area contributed by atoms with Crippen LogP contribution in [0.15, 0.2) is 16.7 Å². The summed E-state index contributed by atoms with van der Waals surface area (Å²) in [5, 5.41) is 5.79. The molecule has 0 bridgehead atoms. The number of anilines is 1. The van der Waals surface area contributed by atoms with E-state index >= 15 is 0 Å². The molecule has 5 heteroatoms. The van der Waals surface area contributed by atoms with Crippen LogP contribution in [-0.2, 0) is 4.79 Å². The van der Waals surface area contributed by atoms with E-state index < -0.39 is 0 Å². The fraction of sp³-hybridized carbons (Fsp3) is 0.455. The third-order valence-corrected chi connectivity index (χ3v) is 2.95. The number of carbonyl (C=O) groups excluding carboxylic acids is 1. The molecule has 0 aromatic carbocycles. The number of carbonyl (C=O) groups is 1. The van der Waals surface area contributed by atoms with Gasteiger partial charge in [0, 0.05) is 12.2 Å². The van der Waals surface area contributed by atoms with E-state index in [2.05, 4.69) is 31.5 Å². The summed E-state index contributed by atoms with van der Waals surface area (Å²) >= 11 is 3.42. The number of hydrogen-bond acceptors (Lipinski definition) is 3. The zero-order chi connectivity index (χ0) is 12.1. The maximum atomic E-state index is 11.4. The molecule has 1 rings (SSSR count). The largest absolute Gasteiger partial charge is 0.360 e. The van der Waals surface area contributed by atoms with Gasteiger partial charge in [-0.05, 0) is 48.3 Å². The van der Waals surface area contributed by atoms with Crippen molar-refractivity contribution in [2.75, 3.05) is 11.9 Å². The number of nitrogens with one attached hydrogen (secondary N) is 2. The van der Waals surface area contributed by atoms with Crippen LogP contribution in [0, 0.1) is 6.92 Å². The van der Waals surface area contributed by atoms with Crippen LogP contribution in [-0.4, -0.2) is 23.5 Å². The van der Waals surface area contributed by atoms with Gasteiger partial charge in [0.05, 0.1) is 11.0 Å². The van der Waals surface area contributed by atoms with Gasteiger partial charge in [0.15, 0.2) is 0 Å². The molecule has 0 radical (unpaired) electrons. The summed E-state index contributed by atoms with van der Waals surface area (Å²) in [6.45, 7) is 6.07. The first-order valence-electron chi connectivity index (χ1n) is 5.15. The summed E-state index contributed by atoms with van der Waals surface area (Å²) in [5.41, 5.74) is 1.08. The van der Waals surface area contributed by atoms with Gasteiger partial charge in [-0.25, -0.2) is 4.98 Å². The number of pyridine rings is 1. The third kappa shape index (κ3) is 3.81. The van der Waals surface area contributed by atoms with Crippen molar-refractivity contribution in [3.05, 3.63) is 22.3 Å². The molecule has 2 N–H and O–H groups in total. The Morgan fingerprint density at radius 1 is 1.56 bits per heavy atom. The summed E-state index contributed by atoms with van der Waals surface area (Å²) in [6.07, 6.45) is 1.71. The molecule has 0 unspecified atom stereocenters. The second-order valence-electron chi connectivity index (χ2n) is 3.87. The predicted octanol–water partition coefficient (Wildman–Crippen LogP) is 2.09. The van der Waals surface area contributed by atoms with Crippen LogP contribution in [0.1, 0.15) is 19.4 Å². The molecule has 16 heavy (non-hydrogen) atoms. The Bertz CT molecular complexity index is 379. The van der Waals surface area contributed by atoms with Gasteiger partial charge in [0.1, 0.15) is 5.82 Å². The van der Waals surface area contributed by atoms with E-state index in [4.69, 9.17) is 0 Å². The monoisotopic (exact) mass is 285 g/mol. The average molecular weight is 286 g/mol. The Balaban J connectivity index is 2.55. The molecule has 0 fully saturated rings. The van der Waals surface area contributed by atoms with E-state index in [1.165, 1.54) is 0 Å². The molecule has 0 saturated heterocycles. The van der Waals surface area contributed by atoms with Gasteiger partial charge >= 0.3 is 0 Å². The normalized spacial score (nSPS) is 10.3. The standard InChI is InChI=1S/C11H16BrN3O/c1-7(2)15-9(16)6-14-11-10(12)8(3)4-5-13-11/h4-5,7H,6H2,1-3H3,(H,13,14)(H,15,16). The number of rotatable bonds is 4. The molecular formula is C11H16BrN3O. The van der Waals surface area contributed by atoms with Crippen molar-refractivity contribution < 1.29 is 4.79 Å². The fourth-order valence-corrected chi connectivity index (χ4v) is 1.58. The van der Waals surface area contributed by atoms with Crippen LogP contribution in [0.5, 0.6) is 0 Å². The van der Waals surface area contributed by atoms with Gasteiger partial charge in [-0.3, -0.25) is 4.79 Å². The highest BCUT2D eigenvalue weighted by Gasteiger charge is 2.06. The smallest absolute Gasteiger partial charge is 0.239 e. The van der Waals surface area contributed by atoms with Crippen molar-refractivity contribution in [1.29, 1.82) is 0 Å². The Hall–Kier alpha value is -1.10. The van der Waals surface area contributed by atoms with Crippen molar-refractivity contribution in [1.82, 2.24) is 10.3 Å². The van der Waals surface area contributed by atoms with Crippen molar-refractivity contribution in [3.8, 4) is 0 Å². The van der Waals surface area contributed by atoms with Crippen molar-refractivity contribution in [2.45, 2.75) is 26.8 Å². The van der Waals surface area contributed by atoms with Crippen LogP contribution >= 0.6 is 15.9 Å². The minimum absolute atomic E-state index is 0.0368. The maximum Gasteiger partial charge on any atom is 0.239 e. The molecule has 0 atom stereocenters. The fourth-order valence-electron chi connectivity index (χ4n) is 1.20. The van der Waals surface area contributed by atoms with Gasteiger partial charge in [-0.2, -0.15) is 0 Å². The van der Waals surface area contributed by atoms with Gasteiger partial charge < -0.3 is 10.6 Å². The first-order valence-corrected chi connectivity index (χ1v) is 5.94. The molecule has 88 valence electrons. The number of amides is 1. The zero-order valence-electron chi connectivity index (χ0n) is 9.67. The second kappa shape index (κ2) is 5.84. The average Bonchev–Trinajstić information content (AvgIpc) is 2.19. The Labute approximate surface area is 104 Å². The minimum atomic E-state index is -0.0368. The molecule has 0 saturated carbocycles. The van der Waals surface area contributed by atoms with E-state index in [9.17, 15) is 4.79 Å². The SMILES string of the molecule is Cc1ccnc(NCC(=O)NC(C)C)c1Br. The Morgan fingerprint density at radius 2 is 2.25 bits per heavy atom. The Morgan fingerprint density at radius 3 is 2.88 bits per heavy atom. The molecule has 0 aliphatic rings. The molecule has 0 aliphatic carbocycles. The molecule has 1 heterocycles. The van der Waals surface area contributed by atoms with E-state index in [0.717, 1.165) is 10.0 Å². The molecule has 0 aliphatic heterocycles. The topological polar surface area (TPSA) is 54.0 Å². The van der Waals surface area contributed by atoms with E-state index in [1.807, 2.05) is 26.8 Å². The highest BCUT2D eigenvalue weighted by atomic mass is 79.9. The third-order valence-electron chi connectivity index (χ3n) is 1.95. The van der Waals surface area contributed by atoms with Crippen LogP contribution in [0.2, 0.25) is 0 Å². The molecule has 0 spiro atoms. The summed E-state index contributed by atoms with van der Waals surface area (Å²) in [5.74, 6) is 0.657. The number of nitrogens with zero attached hydrogens (tertiary/aromatic N) is 1. The van der Waals surface area contributed by atoms with Crippen molar-refractivity contribution >= 4 is 27.7 Å². The number of aryl methyl sites for hydroxylation is 1. The van der Waals surface area contributed by atoms with Gasteiger partial charge in [0.25, 0.3) is 0 Å². The number of aromatic nitrogens is 1. The Kier molecular flexibility index (Phi) is 4.73. The number of hydrogen-bond donors (Lipinski definition) is 2. The first-order chi connectivity index (χ1) is 7.50. The highest BCUT2D eigenvalue weighted by Crippen LogP contribution is 2.22. The lowest BCUT2D eigenvalue weighted by molar-refractivity contribution is -0.119. The molecule has 1 amide bonds. The second-order valence-corrected chi connectivity index (χ2v) is 4.66. The highest BCUT2D eigenvalue weighted by molar-refractivity contribution is 9.10. The lowest BCUT2D eigenvalue weighted by atomic mass is 10.3. The van der Waals surface area contributed by atoms with Crippen LogP contribution < -0.4 is 10.6 Å². The summed E-state index contributed by atoms with van der Waals surface area (Å²) < 4.78 is 0.896. The lowest BCUT2D eigenvalue weighted by Crippen LogP contribution is -2.35. The van der Waals surface area contributed by atoms with Gasteiger partial charge in [-0.15, -0.1) is 0 Å². The predicted molar refractivity (Wildman–Crippen MR) is 68.4 cm³/mol. The maximum absolute atomic E-state index is 11.4. The minimum Gasteiger partial charge on any atom is -0.360 e. The zero-order valence-corrected chi connectivity index (χ0v) is 11.3. The van der Waals surface area contributed by atoms with E-state index in [-0.39, 0.29) is 18.5 Å². The van der Waals surface area contributed by atoms with Crippen LogP contribution in [0.25, 0.3) is 0 Å². The molecule has 1 aromatic rings. The van der Waals surface area contributed by atoms with E-state index in [0.29, 0.717) is 5.82 Å². The molecular weight excluding hydrogens is 270 g/mol. The van der Waals surface area contributed by atoms with Gasteiger partial charge in [-0.1, -0.05) is 0 Å². The quantitative estimate of drug-likeness (QED) is 0.891. The van der Waals surface area contributed by atoms with Crippen molar-refractivity contribution in [3.63, 3.8) is 0 Å². The van der Waals surface area contributed by atoms with Crippen LogP contribution in [0.4, 0.5) is 5.82 Å². The first kappa shape index (κ1) is 13.0. The summed E-state index contributed by atoms with van der Waals surface area (Å²) in [7, 11) is 0. The molecule has 1 aromatic heterocycles. The van der Waals surface area contributed by atoms with Crippen molar-refractivity contribution in [2.24, 2.45) is 0 Å².